The molecule has 0 aromatic carbocycles. The largest absolute Gasteiger partial charge is 0.673 e. The number of hydrogen-bond donors (Lipinski definition) is 1. The normalized spacial score (nSPS) is 11.0. The Bertz CT molecular complexity index is 316. The highest BCUT2D eigenvalue weighted by atomic mass is 19.5. The quantitative estimate of drug-likeness (QED) is 0.288. The first-order valence-electron chi connectivity index (χ1n) is 5.88. The molecule has 0 aliphatic rings. The molecule has 0 aliphatic heterocycles. The van der Waals surface area contributed by atoms with Gasteiger partial charge in [0.05, 0.1) is 13.5 Å². The van der Waals surface area contributed by atoms with Gasteiger partial charge < -0.3 is 22.5 Å². The van der Waals surface area contributed by atoms with Gasteiger partial charge in [-0.1, -0.05) is 30.9 Å². The monoisotopic (exact) mass is 270 g/mol. The maximum atomic E-state index is 9.75. The van der Waals surface area contributed by atoms with Crippen LogP contribution in [0.1, 0.15) is 38.4 Å². The lowest BCUT2D eigenvalue weighted by molar-refractivity contribution is -0.680. The number of unbranched alkanes of at least 4 members (excludes halogenated alkanes) is 3. The highest BCUT2D eigenvalue weighted by molar-refractivity contribution is 6.50. The van der Waals surface area contributed by atoms with E-state index in [2.05, 4.69) is 6.92 Å². The smallest absolute Gasteiger partial charge is 0.418 e. The summed E-state index contributed by atoms with van der Waals surface area (Å²) in [5, 5.41) is 9.38. The minimum absolute atomic E-state index is 0.958. The minimum Gasteiger partial charge on any atom is -0.418 e. The van der Waals surface area contributed by atoms with E-state index >= 15 is 0 Å². The Labute approximate surface area is 104 Å². The Morgan fingerprint density at radius 1 is 1.22 bits per heavy atom. The minimum atomic E-state index is -6.00. The van der Waals surface area contributed by atoms with Crippen LogP contribution in [0.5, 0.6) is 0 Å². The topological polar surface area (TPSA) is 29.0 Å². The molecular formula is C10H19BF4N2O. The highest BCUT2D eigenvalue weighted by Crippen LogP contribution is 2.06. The van der Waals surface area contributed by atoms with Gasteiger partial charge in [0.1, 0.15) is 6.20 Å². The van der Waals surface area contributed by atoms with E-state index in [-0.39, 0.29) is 0 Å². The average molecular weight is 270 g/mol. The predicted molar refractivity (Wildman–Crippen MR) is 60.8 cm³/mol. The molecule has 1 rings (SSSR count). The standard InChI is InChI=1S/C10H19N2O.BF4/c1-3-4-5-6-7-10-11(2)8-9-12(10)13;2-1(3,4)5/h8-9,13H,3-7H2,1-2H3;/q+1;-1. The van der Waals surface area contributed by atoms with Crippen LogP contribution in [0.25, 0.3) is 0 Å². The second-order valence-electron chi connectivity index (χ2n) is 3.98. The van der Waals surface area contributed by atoms with Crippen LogP contribution in [0.2, 0.25) is 0 Å². The van der Waals surface area contributed by atoms with Gasteiger partial charge in [0.2, 0.25) is 0 Å². The van der Waals surface area contributed by atoms with E-state index in [4.69, 9.17) is 0 Å². The number of rotatable bonds is 5. The molecule has 3 nitrogen and oxygen atoms in total. The van der Waals surface area contributed by atoms with E-state index in [1.165, 1.54) is 24.0 Å². The van der Waals surface area contributed by atoms with Crippen molar-refractivity contribution in [3.63, 3.8) is 0 Å². The van der Waals surface area contributed by atoms with Crippen LogP contribution in [0.3, 0.4) is 0 Å². The third-order valence-corrected chi connectivity index (χ3v) is 2.36. The van der Waals surface area contributed by atoms with Gasteiger partial charge in [0.25, 0.3) is 5.82 Å². The number of aryl methyl sites for hydroxylation is 1. The van der Waals surface area contributed by atoms with Crippen molar-refractivity contribution in [2.45, 2.75) is 39.0 Å². The third kappa shape index (κ3) is 8.89. The maximum Gasteiger partial charge on any atom is 0.673 e. The Morgan fingerprint density at radius 3 is 2.17 bits per heavy atom. The van der Waals surface area contributed by atoms with Crippen LogP contribution in [0.15, 0.2) is 12.4 Å². The van der Waals surface area contributed by atoms with Crippen LogP contribution >= 0.6 is 0 Å². The van der Waals surface area contributed by atoms with Gasteiger partial charge in [-0.3, -0.25) is 0 Å². The highest BCUT2D eigenvalue weighted by Gasteiger charge is 2.20. The van der Waals surface area contributed by atoms with E-state index in [1.807, 2.05) is 17.8 Å². The van der Waals surface area contributed by atoms with Gasteiger partial charge >= 0.3 is 7.25 Å². The number of aromatic nitrogens is 2. The molecule has 1 aromatic rings. The first-order chi connectivity index (χ1) is 8.25. The van der Waals surface area contributed by atoms with Crippen molar-refractivity contribution in [3.8, 4) is 0 Å². The Morgan fingerprint density at radius 2 is 1.78 bits per heavy atom. The first-order valence-corrected chi connectivity index (χ1v) is 5.88. The second kappa shape index (κ2) is 8.00. The summed E-state index contributed by atoms with van der Waals surface area (Å²) in [4.78, 5) is 0. The van der Waals surface area contributed by atoms with E-state index in [0.29, 0.717) is 0 Å². The van der Waals surface area contributed by atoms with Crippen LogP contribution in [0, 0.1) is 0 Å². The van der Waals surface area contributed by atoms with Crippen molar-refractivity contribution in [3.05, 3.63) is 18.2 Å². The molecule has 106 valence electrons. The van der Waals surface area contributed by atoms with E-state index in [9.17, 15) is 22.5 Å². The molecule has 0 radical (unpaired) electrons. The van der Waals surface area contributed by atoms with E-state index in [1.54, 1.807) is 6.20 Å². The van der Waals surface area contributed by atoms with E-state index in [0.717, 1.165) is 18.7 Å². The summed E-state index contributed by atoms with van der Waals surface area (Å²) in [6.45, 7) is 2.20. The molecule has 0 saturated carbocycles. The lowest BCUT2D eigenvalue weighted by atomic mass is 10.1. The number of halogens is 4. The molecule has 1 heterocycles. The average Bonchev–Trinajstić information content (AvgIpc) is 2.52. The molecule has 8 heteroatoms. The van der Waals surface area contributed by atoms with Crippen molar-refractivity contribution in [1.82, 2.24) is 4.73 Å². The summed E-state index contributed by atoms with van der Waals surface area (Å²) in [7, 11) is -4.04. The number of hydrogen-bond acceptors (Lipinski definition) is 1. The molecule has 0 spiro atoms. The summed E-state index contributed by atoms with van der Waals surface area (Å²) < 4.78 is 42.2. The van der Waals surface area contributed by atoms with Crippen molar-refractivity contribution in [1.29, 1.82) is 0 Å². The third-order valence-electron chi connectivity index (χ3n) is 2.36. The fourth-order valence-electron chi connectivity index (χ4n) is 1.50. The molecular weight excluding hydrogens is 251 g/mol. The zero-order valence-corrected chi connectivity index (χ0v) is 10.6. The maximum absolute atomic E-state index is 9.75. The van der Waals surface area contributed by atoms with Crippen molar-refractivity contribution < 1.29 is 27.0 Å². The van der Waals surface area contributed by atoms with Crippen molar-refractivity contribution >= 4 is 7.25 Å². The second-order valence-corrected chi connectivity index (χ2v) is 3.98. The van der Waals surface area contributed by atoms with Gasteiger partial charge in [-0.15, -0.1) is 0 Å². The van der Waals surface area contributed by atoms with Gasteiger partial charge in [0, 0.05) is 0 Å². The van der Waals surface area contributed by atoms with Gasteiger partial charge in [-0.2, -0.15) is 0 Å². The summed E-state index contributed by atoms with van der Waals surface area (Å²) in [5.41, 5.74) is 0. The van der Waals surface area contributed by atoms with Gasteiger partial charge in [-0.05, 0) is 6.42 Å². The van der Waals surface area contributed by atoms with Crippen molar-refractivity contribution in [2.75, 3.05) is 0 Å². The van der Waals surface area contributed by atoms with Crippen LogP contribution in [-0.2, 0) is 13.5 Å². The summed E-state index contributed by atoms with van der Waals surface area (Å²) in [6, 6.07) is 0. The lowest BCUT2D eigenvalue weighted by Gasteiger charge is -1.97. The number of imidazole rings is 1. The zero-order valence-electron chi connectivity index (χ0n) is 10.6. The molecule has 0 atom stereocenters. The SMILES string of the molecule is CCCCCCc1n(O)cc[n+]1C.F[B-](F)(F)F. The molecule has 0 amide bonds. The Balaban J connectivity index is 0.000000494. The molecule has 1 aromatic heterocycles. The summed E-state index contributed by atoms with van der Waals surface area (Å²) >= 11 is 0. The fraction of sp³-hybridized carbons (Fsp3) is 0.700. The molecule has 0 bridgehead atoms. The molecule has 1 N–H and O–H groups in total. The molecule has 0 unspecified atom stereocenters. The predicted octanol–water partition coefficient (Wildman–Crippen LogP) is 2.97. The molecule has 0 fully saturated rings. The first kappa shape index (κ1) is 16.8. The molecule has 18 heavy (non-hydrogen) atoms. The Kier molecular flexibility index (Phi) is 7.46. The molecule has 0 saturated heterocycles. The van der Waals surface area contributed by atoms with Crippen LogP contribution in [-0.4, -0.2) is 17.2 Å². The van der Waals surface area contributed by atoms with Crippen molar-refractivity contribution in [2.24, 2.45) is 7.05 Å². The summed E-state index contributed by atoms with van der Waals surface area (Å²) in [6.07, 6.45) is 9.46. The van der Waals surface area contributed by atoms with Gasteiger partial charge in [0.15, 0.2) is 6.20 Å². The molecule has 0 aliphatic carbocycles. The lowest BCUT2D eigenvalue weighted by Crippen LogP contribution is -2.31. The number of nitrogens with zero attached hydrogens (tertiary/aromatic N) is 2. The van der Waals surface area contributed by atoms with Crippen LogP contribution < -0.4 is 4.57 Å². The fourth-order valence-corrected chi connectivity index (χ4v) is 1.50. The zero-order chi connectivity index (χ0) is 14.2. The van der Waals surface area contributed by atoms with Crippen LogP contribution in [0.4, 0.5) is 17.3 Å². The Hall–Kier alpha value is -1.21. The van der Waals surface area contributed by atoms with Gasteiger partial charge in [-0.25, -0.2) is 4.57 Å². The summed E-state index contributed by atoms with van der Waals surface area (Å²) in [5.74, 6) is 0.983. The van der Waals surface area contributed by atoms with E-state index < -0.39 is 7.25 Å².